The van der Waals surface area contributed by atoms with E-state index in [0.29, 0.717) is 6.61 Å². The van der Waals surface area contributed by atoms with Gasteiger partial charge in [0, 0.05) is 12.8 Å². The molecule has 0 spiro atoms. The molecule has 0 saturated carbocycles. The molecule has 102 valence electrons. The fraction of sp³-hybridized carbons (Fsp3) is 0.188. The third kappa shape index (κ3) is 2.81. The Hall–Kier alpha value is -1.91. The van der Waals surface area contributed by atoms with Crippen LogP contribution in [0.2, 0.25) is 0 Å². The minimum absolute atomic E-state index is 0.620. The molecule has 2 aromatic carbocycles. The molecule has 0 amide bonds. The van der Waals surface area contributed by atoms with Crippen LogP contribution in [0.1, 0.15) is 11.1 Å². The molecule has 20 heavy (non-hydrogen) atoms. The summed E-state index contributed by atoms with van der Waals surface area (Å²) in [6, 6.07) is 14.5. The van der Waals surface area contributed by atoms with E-state index in [9.17, 15) is 0 Å². The second-order valence-electron chi connectivity index (χ2n) is 4.75. The minimum Gasteiger partial charge on any atom is -0.380 e. The highest BCUT2D eigenvalue weighted by atomic mass is 32.1. The van der Waals surface area contributed by atoms with E-state index < -0.39 is 0 Å². The Morgan fingerprint density at radius 2 is 2.10 bits per heavy atom. The molecule has 1 N–H and O–H groups in total. The first-order valence-corrected chi connectivity index (χ1v) is 7.28. The molecule has 4 heteroatoms. The van der Waals surface area contributed by atoms with E-state index in [1.165, 1.54) is 10.3 Å². The van der Waals surface area contributed by atoms with Crippen LogP contribution in [-0.4, -0.2) is 12.1 Å². The van der Waals surface area contributed by atoms with Crippen LogP contribution in [0.4, 0.5) is 10.8 Å². The van der Waals surface area contributed by atoms with E-state index in [-0.39, 0.29) is 0 Å². The quantitative estimate of drug-likeness (QED) is 0.766. The smallest absolute Gasteiger partial charge is 0.188 e. The van der Waals surface area contributed by atoms with Crippen LogP contribution in [0.15, 0.2) is 42.5 Å². The third-order valence-corrected chi connectivity index (χ3v) is 3.98. The summed E-state index contributed by atoms with van der Waals surface area (Å²) in [5.74, 6) is 0. The van der Waals surface area contributed by atoms with Gasteiger partial charge in [-0.2, -0.15) is 0 Å². The fourth-order valence-corrected chi connectivity index (χ4v) is 2.99. The molecule has 0 bridgehead atoms. The lowest BCUT2D eigenvalue weighted by Crippen LogP contribution is -1.92. The fourth-order valence-electron chi connectivity index (χ4n) is 2.12. The maximum Gasteiger partial charge on any atom is 0.188 e. The van der Waals surface area contributed by atoms with Crippen LogP contribution in [0.3, 0.4) is 0 Å². The van der Waals surface area contributed by atoms with Crippen molar-refractivity contribution in [2.45, 2.75) is 13.5 Å². The van der Waals surface area contributed by atoms with Gasteiger partial charge in [-0.25, -0.2) is 4.98 Å². The Balaban J connectivity index is 1.87. The number of benzene rings is 2. The lowest BCUT2D eigenvalue weighted by atomic mass is 10.2. The number of thiazole rings is 1. The van der Waals surface area contributed by atoms with Crippen LogP contribution in [0, 0.1) is 6.92 Å². The maximum absolute atomic E-state index is 5.15. The molecule has 0 aliphatic rings. The number of ether oxygens (including phenoxy) is 1. The number of hydrogen-bond acceptors (Lipinski definition) is 4. The van der Waals surface area contributed by atoms with Gasteiger partial charge in [0.15, 0.2) is 5.13 Å². The Kier molecular flexibility index (Phi) is 3.67. The zero-order chi connectivity index (χ0) is 13.9. The van der Waals surface area contributed by atoms with Crippen LogP contribution < -0.4 is 5.32 Å². The SMILES string of the molecule is COCc1cccc(Nc2nc3cc(C)ccc3s2)c1. The summed E-state index contributed by atoms with van der Waals surface area (Å²) in [5.41, 5.74) is 4.46. The van der Waals surface area contributed by atoms with Gasteiger partial charge in [-0.1, -0.05) is 29.5 Å². The number of fused-ring (bicyclic) bond motifs is 1. The molecule has 3 aromatic rings. The topological polar surface area (TPSA) is 34.1 Å². The van der Waals surface area contributed by atoms with Crippen molar-refractivity contribution in [2.75, 3.05) is 12.4 Å². The van der Waals surface area contributed by atoms with Crippen molar-refractivity contribution in [2.24, 2.45) is 0 Å². The molecule has 0 fully saturated rings. The molecule has 0 unspecified atom stereocenters. The molecule has 0 atom stereocenters. The van der Waals surface area contributed by atoms with Gasteiger partial charge in [-0.15, -0.1) is 0 Å². The average Bonchev–Trinajstić information content (AvgIpc) is 2.81. The van der Waals surface area contributed by atoms with Crippen molar-refractivity contribution in [3.63, 3.8) is 0 Å². The average molecular weight is 284 g/mol. The van der Waals surface area contributed by atoms with Crippen LogP contribution >= 0.6 is 11.3 Å². The summed E-state index contributed by atoms with van der Waals surface area (Å²) in [7, 11) is 1.70. The molecular weight excluding hydrogens is 268 g/mol. The Morgan fingerprint density at radius 3 is 2.95 bits per heavy atom. The molecular formula is C16H16N2OS. The summed E-state index contributed by atoms with van der Waals surface area (Å²) in [6.07, 6.45) is 0. The molecule has 3 rings (SSSR count). The van der Waals surface area contributed by atoms with E-state index in [1.54, 1.807) is 18.4 Å². The Bertz CT molecular complexity index is 736. The minimum atomic E-state index is 0.620. The normalized spacial score (nSPS) is 10.9. The molecule has 0 aliphatic heterocycles. The van der Waals surface area contributed by atoms with E-state index in [0.717, 1.165) is 21.9 Å². The molecule has 1 aromatic heterocycles. The Labute approximate surface area is 122 Å². The molecule has 3 nitrogen and oxygen atoms in total. The molecule has 1 heterocycles. The second kappa shape index (κ2) is 5.61. The summed E-state index contributed by atoms with van der Waals surface area (Å²) in [5, 5.41) is 4.28. The zero-order valence-corrected chi connectivity index (χ0v) is 12.3. The first-order chi connectivity index (χ1) is 9.74. The van der Waals surface area contributed by atoms with Gasteiger partial charge in [0.05, 0.1) is 16.8 Å². The molecule has 0 aliphatic carbocycles. The second-order valence-corrected chi connectivity index (χ2v) is 5.78. The van der Waals surface area contributed by atoms with Gasteiger partial charge in [-0.3, -0.25) is 0 Å². The highest BCUT2D eigenvalue weighted by Crippen LogP contribution is 2.29. The number of nitrogens with zero attached hydrogens (tertiary/aromatic N) is 1. The zero-order valence-electron chi connectivity index (χ0n) is 11.5. The van der Waals surface area contributed by atoms with E-state index in [2.05, 4.69) is 47.6 Å². The number of aromatic nitrogens is 1. The lowest BCUT2D eigenvalue weighted by Gasteiger charge is -2.05. The molecule has 0 saturated heterocycles. The number of anilines is 2. The van der Waals surface area contributed by atoms with Crippen LogP contribution in [-0.2, 0) is 11.3 Å². The van der Waals surface area contributed by atoms with Crippen molar-refractivity contribution in [3.05, 3.63) is 53.6 Å². The van der Waals surface area contributed by atoms with E-state index >= 15 is 0 Å². The largest absolute Gasteiger partial charge is 0.380 e. The standard InChI is InChI=1S/C16H16N2OS/c1-11-6-7-15-14(8-11)18-16(20-15)17-13-5-3-4-12(9-13)10-19-2/h3-9H,10H2,1-2H3,(H,17,18). The summed E-state index contributed by atoms with van der Waals surface area (Å²) in [6.45, 7) is 2.70. The maximum atomic E-state index is 5.15. The van der Waals surface area contributed by atoms with Crippen LogP contribution in [0.25, 0.3) is 10.2 Å². The van der Waals surface area contributed by atoms with Crippen LogP contribution in [0.5, 0.6) is 0 Å². The van der Waals surface area contributed by atoms with E-state index in [1.807, 2.05) is 12.1 Å². The van der Waals surface area contributed by atoms with Crippen molar-refractivity contribution in [3.8, 4) is 0 Å². The first kappa shape index (κ1) is 13.1. The first-order valence-electron chi connectivity index (χ1n) is 6.47. The molecule has 0 radical (unpaired) electrons. The summed E-state index contributed by atoms with van der Waals surface area (Å²) >= 11 is 1.67. The number of nitrogens with one attached hydrogen (secondary N) is 1. The van der Waals surface area contributed by atoms with E-state index in [4.69, 9.17) is 4.74 Å². The third-order valence-electron chi connectivity index (χ3n) is 3.03. The predicted octanol–water partition coefficient (Wildman–Crippen LogP) is 4.49. The highest BCUT2D eigenvalue weighted by Gasteiger charge is 2.04. The van der Waals surface area contributed by atoms with Crippen molar-refractivity contribution in [1.29, 1.82) is 0 Å². The van der Waals surface area contributed by atoms with Gasteiger partial charge in [0.25, 0.3) is 0 Å². The van der Waals surface area contributed by atoms with Crippen molar-refractivity contribution < 1.29 is 4.74 Å². The number of aryl methyl sites for hydroxylation is 1. The summed E-state index contributed by atoms with van der Waals surface area (Å²) < 4.78 is 6.35. The number of hydrogen-bond donors (Lipinski definition) is 1. The predicted molar refractivity (Wildman–Crippen MR) is 84.8 cm³/mol. The van der Waals surface area contributed by atoms with Gasteiger partial charge < -0.3 is 10.1 Å². The monoisotopic (exact) mass is 284 g/mol. The van der Waals surface area contributed by atoms with Gasteiger partial charge in [0.1, 0.15) is 0 Å². The highest BCUT2D eigenvalue weighted by molar-refractivity contribution is 7.22. The summed E-state index contributed by atoms with van der Waals surface area (Å²) in [4.78, 5) is 4.62. The lowest BCUT2D eigenvalue weighted by molar-refractivity contribution is 0.185. The van der Waals surface area contributed by atoms with Gasteiger partial charge >= 0.3 is 0 Å². The van der Waals surface area contributed by atoms with Crippen molar-refractivity contribution in [1.82, 2.24) is 4.98 Å². The van der Waals surface area contributed by atoms with Gasteiger partial charge in [0.2, 0.25) is 0 Å². The van der Waals surface area contributed by atoms with Crippen molar-refractivity contribution >= 4 is 32.4 Å². The van der Waals surface area contributed by atoms with Gasteiger partial charge in [-0.05, 0) is 42.3 Å². The number of rotatable bonds is 4. The number of methoxy groups -OCH3 is 1. The Morgan fingerprint density at radius 1 is 1.20 bits per heavy atom.